The van der Waals surface area contributed by atoms with E-state index in [0.29, 0.717) is 16.7 Å². The van der Waals surface area contributed by atoms with Gasteiger partial charge in [-0.15, -0.1) is 0 Å². The highest BCUT2D eigenvalue weighted by Crippen LogP contribution is 2.47. The molecule has 0 fully saturated rings. The summed E-state index contributed by atoms with van der Waals surface area (Å²) in [4.78, 5) is 35.9. The number of hydrogen-bond donors (Lipinski definition) is 2. The highest BCUT2D eigenvalue weighted by molar-refractivity contribution is 6.14. The van der Waals surface area contributed by atoms with Crippen molar-refractivity contribution in [3.05, 3.63) is 128 Å². The molecule has 0 saturated carbocycles. The third kappa shape index (κ3) is 4.66. The largest absolute Gasteiger partial charge is 0.507 e. The molecule has 10 nitrogen and oxygen atoms in total. The molecule has 0 amide bonds. The van der Waals surface area contributed by atoms with Crippen LogP contribution in [0.25, 0.3) is 32.7 Å². The lowest BCUT2D eigenvalue weighted by Gasteiger charge is -2.18. The molecule has 0 saturated heterocycles. The zero-order chi connectivity index (χ0) is 29.2. The zero-order valence-electron chi connectivity index (χ0n) is 22.4. The van der Waals surface area contributed by atoms with Crippen LogP contribution < -0.4 is 0 Å². The summed E-state index contributed by atoms with van der Waals surface area (Å²) in [6.45, 7) is 1.82. The van der Waals surface area contributed by atoms with Crippen LogP contribution in [0.15, 0.2) is 117 Å². The molecule has 3 aromatic heterocycles. The number of hydrogen-bond acceptors (Lipinski definition) is 7. The normalized spacial score (nSPS) is 10.9. The first kappa shape index (κ1) is 26.2. The lowest BCUT2D eigenvalue weighted by atomic mass is 9.89. The maximum atomic E-state index is 13.1. The minimum absolute atomic E-state index is 0.0846. The summed E-state index contributed by atoms with van der Waals surface area (Å²) >= 11 is 0. The van der Waals surface area contributed by atoms with Gasteiger partial charge in [0, 0.05) is 48.3 Å². The molecular formula is C32H24N6O4. The van der Waals surface area contributed by atoms with Gasteiger partial charge in [0.05, 0.1) is 5.56 Å². The van der Waals surface area contributed by atoms with Crippen molar-refractivity contribution in [2.24, 2.45) is 0 Å². The Labute approximate surface area is 239 Å². The average molecular weight is 557 g/mol. The molecule has 4 aromatic carbocycles. The predicted molar refractivity (Wildman–Crippen MR) is 158 cm³/mol. The molecule has 0 aliphatic heterocycles. The maximum Gasteiger partial charge on any atom is 0.338 e. The van der Waals surface area contributed by atoms with Crippen molar-refractivity contribution in [2.75, 3.05) is 0 Å². The second-order valence-electron chi connectivity index (χ2n) is 9.50. The van der Waals surface area contributed by atoms with E-state index in [-0.39, 0.29) is 23.1 Å². The molecule has 7 rings (SSSR count). The van der Waals surface area contributed by atoms with Crippen LogP contribution in [0.2, 0.25) is 0 Å². The molecule has 3 heterocycles. The fourth-order valence-corrected chi connectivity index (χ4v) is 4.88. The number of imidazole rings is 3. The van der Waals surface area contributed by atoms with Crippen LogP contribution in [-0.2, 0) is 0 Å². The third-order valence-electron chi connectivity index (χ3n) is 6.90. The standard InChI is InChI=1S/C25H18N2O3.C7H6N4O/c1-15-12-16-6-2-4-8-18(16)21(23(15)28)22-19-9-5-3-7-17(19)13-20(24(22)29)25(30)27-11-10-26-14-27;12-7(10-3-1-8-5-10)11-4-2-9-6-11/h2-14,28-29H,1H3;1-6H. The van der Waals surface area contributed by atoms with Crippen molar-refractivity contribution < 1.29 is 19.8 Å². The molecule has 0 unspecified atom stereocenters. The smallest absolute Gasteiger partial charge is 0.338 e. The molecule has 0 radical (unpaired) electrons. The van der Waals surface area contributed by atoms with E-state index >= 15 is 0 Å². The Balaban J connectivity index is 0.000000219. The highest BCUT2D eigenvalue weighted by atomic mass is 16.3. The molecule has 7 aromatic rings. The van der Waals surface area contributed by atoms with Crippen molar-refractivity contribution >= 4 is 33.5 Å². The fraction of sp³-hybridized carbons (Fsp3) is 0.0312. The minimum Gasteiger partial charge on any atom is -0.507 e. The molecule has 0 aliphatic rings. The van der Waals surface area contributed by atoms with Gasteiger partial charge >= 0.3 is 6.03 Å². The number of nitrogens with zero attached hydrogens (tertiary/aromatic N) is 6. The topological polar surface area (TPSA) is 128 Å². The van der Waals surface area contributed by atoms with E-state index in [0.717, 1.165) is 21.5 Å². The Morgan fingerprint density at radius 3 is 1.64 bits per heavy atom. The van der Waals surface area contributed by atoms with E-state index in [1.54, 1.807) is 30.9 Å². The first-order valence-corrected chi connectivity index (χ1v) is 12.9. The van der Waals surface area contributed by atoms with Crippen LogP contribution in [0.4, 0.5) is 4.79 Å². The second kappa shape index (κ2) is 10.9. The molecule has 206 valence electrons. The summed E-state index contributed by atoms with van der Waals surface area (Å²) in [7, 11) is 0. The Hall–Kier alpha value is -6.03. The summed E-state index contributed by atoms with van der Waals surface area (Å²) in [5, 5.41) is 25.6. The molecule has 42 heavy (non-hydrogen) atoms. The Morgan fingerprint density at radius 1 is 0.643 bits per heavy atom. The highest BCUT2D eigenvalue weighted by Gasteiger charge is 2.24. The van der Waals surface area contributed by atoms with E-state index in [2.05, 4.69) is 15.0 Å². The number of benzene rings is 4. The first-order valence-electron chi connectivity index (χ1n) is 12.9. The maximum absolute atomic E-state index is 13.1. The number of carbonyl (C=O) groups is 2. The van der Waals surface area contributed by atoms with Gasteiger partial charge in [0.2, 0.25) is 0 Å². The van der Waals surface area contributed by atoms with Gasteiger partial charge in [-0.05, 0) is 46.2 Å². The molecule has 10 heteroatoms. The van der Waals surface area contributed by atoms with E-state index in [1.165, 1.54) is 45.1 Å². The van der Waals surface area contributed by atoms with Crippen LogP contribution >= 0.6 is 0 Å². The monoisotopic (exact) mass is 556 g/mol. The Bertz CT molecular complexity index is 2010. The van der Waals surface area contributed by atoms with Gasteiger partial charge in [-0.1, -0.05) is 48.5 Å². The van der Waals surface area contributed by atoms with Gasteiger partial charge in [0.1, 0.15) is 30.5 Å². The van der Waals surface area contributed by atoms with Gasteiger partial charge in [0.25, 0.3) is 5.91 Å². The van der Waals surface area contributed by atoms with Crippen LogP contribution in [0, 0.1) is 6.92 Å². The number of aromatic nitrogens is 6. The summed E-state index contributed by atoms with van der Waals surface area (Å²) in [6, 6.07) is 18.6. The second-order valence-corrected chi connectivity index (χ2v) is 9.50. The summed E-state index contributed by atoms with van der Waals surface area (Å²) in [5.41, 5.74) is 1.79. The van der Waals surface area contributed by atoms with E-state index in [9.17, 15) is 19.8 Å². The van der Waals surface area contributed by atoms with Gasteiger partial charge in [0.15, 0.2) is 0 Å². The number of fused-ring (bicyclic) bond motifs is 2. The predicted octanol–water partition coefficient (Wildman–Crippen LogP) is 5.86. The Morgan fingerprint density at radius 2 is 1.12 bits per heavy atom. The number of carbonyl (C=O) groups excluding carboxylic acids is 2. The molecule has 0 spiro atoms. The molecule has 0 atom stereocenters. The average Bonchev–Trinajstić information content (AvgIpc) is 3.82. The lowest BCUT2D eigenvalue weighted by molar-refractivity contribution is 0.0957. The zero-order valence-corrected chi connectivity index (χ0v) is 22.4. The van der Waals surface area contributed by atoms with Gasteiger partial charge < -0.3 is 10.2 Å². The number of phenols is 2. The lowest BCUT2D eigenvalue weighted by Crippen LogP contribution is -2.15. The van der Waals surface area contributed by atoms with E-state index in [4.69, 9.17) is 0 Å². The molecule has 0 bridgehead atoms. The number of aryl methyl sites for hydroxylation is 1. The SMILES string of the molecule is Cc1cc2ccccc2c(-c2c(O)c(C(=O)n3ccnc3)cc3ccccc23)c1O.O=C(n1ccnc1)n1ccnc1. The quantitative estimate of drug-likeness (QED) is 0.273. The molecule has 2 N–H and O–H groups in total. The Kier molecular flexibility index (Phi) is 6.77. The van der Waals surface area contributed by atoms with Crippen LogP contribution in [0.5, 0.6) is 11.5 Å². The van der Waals surface area contributed by atoms with Crippen LogP contribution in [-0.4, -0.2) is 50.8 Å². The van der Waals surface area contributed by atoms with Crippen molar-refractivity contribution in [1.29, 1.82) is 0 Å². The molecular weight excluding hydrogens is 532 g/mol. The molecule has 0 aliphatic carbocycles. The first-order chi connectivity index (χ1) is 20.4. The number of phenolic OH excluding ortho intramolecular Hbond substituents is 2. The van der Waals surface area contributed by atoms with Crippen molar-refractivity contribution in [3.8, 4) is 22.6 Å². The van der Waals surface area contributed by atoms with E-state index in [1.807, 2.05) is 61.5 Å². The van der Waals surface area contributed by atoms with Crippen molar-refractivity contribution in [2.45, 2.75) is 6.92 Å². The van der Waals surface area contributed by atoms with Gasteiger partial charge in [-0.25, -0.2) is 19.7 Å². The summed E-state index contributed by atoms with van der Waals surface area (Å²) in [5.74, 6) is -0.478. The fourth-order valence-electron chi connectivity index (χ4n) is 4.88. The van der Waals surface area contributed by atoms with Crippen LogP contribution in [0.1, 0.15) is 15.9 Å². The van der Waals surface area contributed by atoms with Gasteiger partial charge in [-0.3, -0.25) is 18.5 Å². The number of aromatic hydroxyl groups is 2. The van der Waals surface area contributed by atoms with Crippen LogP contribution in [0.3, 0.4) is 0 Å². The minimum atomic E-state index is -0.395. The van der Waals surface area contributed by atoms with Crippen molar-refractivity contribution in [3.63, 3.8) is 0 Å². The van der Waals surface area contributed by atoms with Crippen molar-refractivity contribution in [1.82, 2.24) is 28.7 Å². The summed E-state index contributed by atoms with van der Waals surface area (Å²) in [6.07, 6.45) is 13.6. The van der Waals surface area contributed by atoms with Gasteiger partial charge in [-0.2, -0.15) is 0 Å². The third-order valence-corrected chi connectivity index (χ3v) is 6.90. The summed E-state index contributed by atoms with van der Waals surface area (Å²) < 4.78 is 4.07. The number of rotatable bonds is 2. The van der Waals surface area contributed by atoms with E-state index < -0.39 is 5.91 Å².